The molecular weight excluding hydrogens is 378 g/mol. The summed E-state index contributed by atoms with van der Waals surface area (Å²) in [6.45, 7) is 2.47. The summed E-state index contributed by atoms with van der Waals surface area (Å²) < 4.78 is 5.06. The van der Waals surface area contributed by atoms with Crippen LogP contribution >= 0.6 is 11.6 Å². The molecular formula is C21H20ClN3O3. The average molecular weight is 398 g/mol. The van der Waals surface area contributed by atoms with Crippen molar-refractivity contribution in [1.82, 2.24) is 4.90 Å². The quantitative estimate of drug-likeness (QED) is 0.632. The lowest BCUT2D eigenvalue weighted by Gasteiger charge is -2.36. The summed E-state index contributed by atoms with van der Waals surface area (Å²) in [4.78, 5) is 16.7. The van der Waals surface area contributed by atoms with Gasteiger partial charge in [0.05, 0.1) is 12.1 Å². The minimum absolute atomic E-state index is 0.0111. The third kappa shape index (κ3) is 4.21. The molecule has 7 heteroatoms. The largest absolute Gasteiger partial charge is 0.503 e. The molecule has 1 N–H and O–H groups in total. The highest BCUT2D eigenvalue weighted by atomic mass is 35.5. The summed E-state index contributed by atoms with van der Waals surface area (Å²) in [6.07, 6.45) is 1.46. The molecule has 0 aromatic heterocycles. The molecule has 1 aliphatic rings. The lowest BCUT2D eigenvalue weighted by molar-refractivity contribution is -0.126. The fourth-order valence-electron chi connectivity index (χ4n) is 3.12. The number of hydrogen-bond acceptors (Lipinski definition) is 5. The van der Waals surface area contributed by atoms with E-state index in [0.29, 0.717) is 31.7 Å². The van der Waals surface area contributed by atoms with Crippen molar-refractivity contribution in [3.63, 3.8) is 0 Å². The third-order valence-electron chi connectivity index (χ3n) is 4.62. The van der Waals surface area contributed by atoms with Crippen molar-refractivity contribution < 1.29 is 14.6 Å². The van der Waals surface area contributed by atoms with E-state index < -0.39 is 0 Å². The van der Waals surface area contributed by atoms with Crippen molar-refractivity contribution in [3.8, 4) is 17.6 Å². The van der Waals surface area contributed by atoms with Crippen LogP contribution in [0.5, 0.6) is 11.5 Å². The van der Waals surface area contributed by atoms with Gasteiger partial charge in [-0.1, -0.05) is 29.8 Å². The summed E-state index contributed by atoms with van der Waals surface area (Å²) in [5.74, 6) is -0.318. The Morgan fingerprint density at radius 1 is 1.21 bits per heavy atom. The van der Waals surface area contributed by atoms with Crippen molar-refractivity contribution in [3.05, 3.63) is 58.6 Å². The molecule has 1 saturated heterocycles. The van der Waals surface area contributed by atoms with Crippen molar-refractivity contribution in [2.75, 3.05) is 38.2 Å². The predicted octanol–water partition coefficient (Wildman–Crippen LogP) is 3.31. The van der Waals surface area contributed by atoms with Gasteiger partial charge >= 0.3 is 0 Å². The van der Waals surface area contributed by atoms with Crippen LogP contribution in [0.3, 0.4) is 0 Å². The molecule has 0 unspecified atom stereocenters. The zero-order valence-electron chi connectivity index (χ0n) is 15.4. The number of methoxy groups -OCH3 is 1. The first-order valence-electron chi connectivity index (χ1n) is 8.81. The number of aromatic hydroxyl groups is 1. The molecule has 144 valence electrons. The first-order chi connectivity index (χ1) is 13.5. The lowest BCUT2D eigenvalue weighted by Crippen LogP contribution is -2.49. The van der Waals surface area contributed by atoms with Gasteiger partial charge in [-0.2, -0.15) is 5.26 Å². The second kappa shape index (κ2) is 8.68. The molecule has 0 bridgehead atoms. The van der Waals surface area contributed by atoms with Gasteiger partial charge in [0.2, 0.25) is 0 Å². The van der Waals surface area contributed by atoms with E-state index in [1.54, 1.807) is 4.90 Å². The monoisotopic (exact) mass is 397 g/mol. The number of rotatable bonds is 4. The number of benzene rings is 2. The lowest BCUT2D eigenvalue weighted by atomic mass is 10.1. The second-order valence-electron chi connectivity index (χ2n) is 6.34. The van der Waals surface area contributed by atoms with Gasteiger partial charge in [0.1, 0.15) is 11.6 Å². The molecule has 0 saturated carbocycles. The zero-order chi connectivity index (χ0) is 20.1. The van der Waals surface area contributed by atoms with Gasteiger partial charge in [-0.15, -0.1) is 0 Å². The van der Waals surface area contributed by atoms with Gasteiger partial charge in [-0.25, -0.2) is 0 Å². The molecule has 1 aliphatic heterocycles. The number of anilines is 1. The third-order valence-corrected chi connectivity index (χ3v) is 4.91. The molecule has 0 aliphatic carbocycles. The number of ether oxygens (including phenoxy) is 1. The number of para-hydroxylation sites is 1. The van der Waals surface area contributed by atoms with Crippen LogP contribution in [-0.4, -0.2) is 49.2 Å². The molecule has 1 fully saturated rings. The number of piperazine rings is 1. The number of nitriles is 1. The summed E-state index contributed by atoms with van der Waals surface area (Å²) in [5.41, 5.74) is 1.64. The molecule has 0 radical (unpaired) electrons. The number of amides is 1. The smallest absolute Gasteiger partial charge is 0.264 e. The molecule has 1 heterocycles. The van der Waals surface area contributed by atoms with Crippen LogP contribution in [0.2, 0.25) is 5.02 Å². The van der Waals surface area contributed by atoms with Crippen LogP contribution in [0.15, 0.2) is 48.0 Å². The highest BCUT2D eigenvalue weighted by molar-refractivity contribution is 6.32. The van der Waals surface area contributed by atoms with Gasteiger partial charge in [0.15, 0.2) is 11.5 Å². The number of phenols is 1. The first kappa shape index (κ1) is 19.6. The van der Waals surface area contributed by atoms with Gasteiger partial charge < -0.3 is 19.6 Å². The normalized spacial score (nSPS) is 14.5. The van der Waals surface area contributed by atoms with Crippen LogP contribution in [0.25, 0.3) is 6.08 Å². The number of carbonyl (C=O) groups excluding carboxylic acids is 1. The van der Waals surface area contributed by atoms with Gasteiger partial charge in [0, 0.05) is 31.9 Å². The number of hydrogen-bond donors (Lipinski definition) is 1. The van der Waals surface area contributed by atoms with Crippen LogP contribution in [0.4, 0.5) is 5.69 Å². The van der Waals surface area contributed by atoms with E-state index in [4.69, 9.17) is 16.3 Å². The highest BCUT2D eigenvalue weighted by Gasteiger charge is 2.24. The van der Waals surface area contributed by atoms with Crippen LogP contribution < -0.4 is 9.64 Å². The number of phenolic OH excluding ortho intramolecular Hbond substituents is 1. The van der Waals surface area contributed by atoms with E-state index in [1.807, 2.05) is 36.4 Å². The fourth-order valence-corrected chi connectivity index (χ4v) is 3.34. The first-order valence-corrected chi connectivity index (χ1v) is 9.19. The average Bonchev–Trinajstić information content (AvgIpc) is 2.74. The Morgan fingerprint density at radius 3 is 2.50 bits per heavy atom. The standard InChI is InChI=1S/C21H20ClN3O3/c1-28-19-13-15(12-18(22)20(19)26)11-16(14-23)21(27)25-9-7-24(8-10-25)17-5-3-2-4-6-17/h2-6,11-13,26H,7-10H2,1H3/b16-11-. The number of halogens is 1. The van der Waals surface area contributed by atoms with Crippen molar-refractivity contribution in [2.45, 2.75) is 0 Å². The molecule has 2 aromatic rings. The maximum Gasteiger partial charge on any atom is 0.264 e. The van der Waals surface area contributed by atoms with E-state index in [0.717, 1.165) is 5.69 Å². The number of carbonyl (C=O) groups is 1. The maximum atomic E-state index is 12.8. The van der Waals surface area contributed by atoms with Gasteiger partial charge in [0.25, 0.3) is 5.91 Å². The summed E-state index contributed by atoms with van der Waals surface area (Å²) >= 11 is 5.98. The second-order valence-corrected chi connectivity index (χ2v) is 6.75. The van der Waals surface area contributed by atoms with E-state index in [2.05, 4.69) is 4.90 Å². The van der Waals surface area contributed by atoms with Crippen LogP contribution in [0, 0.1) is 11.3 Å². The summed E-state index contributed by atoms with van der Waals surface area (Å²) in [7, 11) is 1.40. The molecule has 6 nitrogen and oxygen atoms in total. The minimum atomic E-state index is -0.321. The molecule has 3 rings (SSSR count). The minimum Gasteiger partial charge on any atom is -0.503 e. The Bertz CT molecular complexity index is 930. The van der Waals surface area contributed by atoms with Crippen molar-refractivity contribution in [2.24, 2.45) is 0 Å². The van der Waals surface area contributed by atoms with E-state index >= 15 is 0 Å². The molecule has 1 amide bonds. The Morgan fingerprint density at radius 2 is 1.89 bits per heavy atom. The van der Waals surface area contributed by atoms with E-state index in [1.165, 1.54) is 25.3 Å². The van der Waals surface area contributed by atoms with Crippen LogP contribution in [-0.2, 0) is 4.79 Å². The Hall–Kier alpha value is -3.17. The molecule has 0 spiro atoms. The van der Waals surface area contributed by atoms with Crippen LogP contribution in [0.1, 0.15) is 5.56 Å². The summed E-state index contributed by atoms with van der Waals surface area (Å²) in [6, 6.07) is 15.0. The van der Waals surface area contributed by atoms with Gasteiger partial charge in [-0.3, -0.25) is 4.79 Å². The van der Waals surface area contributed by atoms with Gasteiger partial charge in [-0.05, 0) is 35.9 Å². The van der Waals surface area contributed by atoms with Crippen molar-refractivity contribution >= 4 is 29.3 Å². The molecule has 2 aromatic carbocycles. The molecule has 0 atom stereocenters. The maximum absolute atomic E-state index is 12.8. The highest BCUT2D eigenvalue weighted by Crippen LogP contribution is 2.35. The van der Waals surface area contributed by atoms with E-state index in [-0.39, 0.29) is 28.0 Å². The Labute approximate surface area is 168 Å². The fraction of sp³-hybridized carbons (Fsp3) is 0.238. The van der Waals surface area contributed by atoms with E-state index in [9.17, 15) is 15.2 Å². The Balaban J connectivity index is 1.73. The predicted molar refractivity (Wildman–Crippen MR) is 108 cm³/mol. The SMILES string of the molecule is COc1cc(/C=C(/C#N)C(=O)N2CCN(c3ccccc3)CC2)cc(Cl)c1O. The Kier molecular flexibility index (Phi) is 6.07. The summed E-state index contributed by atoms with van der Waals surface area (Å²) in [5, 5.41) is 19.4. The topological polar surface area (TPSA) is 76.8 Å². The zero-order valence-corrected chi connectivity index (χ0v) is 16.2. The van der Waals surface area contributed by atoms with Crippen molar-refractivity contribution in [1.29, 1.82) is 5.26 Å². The molecule has 28 heavy (non-hydrogen) atoms. The number of nitrogens with zero attached hydrogens (tertiary/aromatic N) is 3.